The molecule has 2 N–H and O–H groups in total. The van der Waals surface area contributed by atoms with Gasteiger partial charge >= 0.3 is 11.8 Å². The Labute approximate surface area is 216 Å². The molecule has 0 spiro atoms. The molecule has 0 radical (unpaired) electrons. The summed E-state index contributed by atoms with van der Waals surface area (Å²) in [6, 6.07) is 4.12. The quantitative estimate of drug-likeness (QED) is 0.417. The minimum absolute atomic E-state index is 0.0797. The molecule has 4 aromatic rings. The highest BCUT2D eigenvalue weighted by atomic mass is 19.1. The first kappa shape index (κ1) is 24.3. The number of benzene rings is 1. The zero-order chi connectivity index (χ0) is 26.6. The van der Waals surface area contributed by atoms with Gasteiger partial charge in [-0.2, -0.15) is 9.97 Å². The number of carbonyl (C=O) groups excluding carboxylic acids is 1. The Morgan fingerprint density at radius 1 is 1.21 bits per heavy atom. The van der Waals surface area contributed by atoms with E-state index in [-0.39, 0.29) is 29.8 Å². The number of H-pyrrole nitrogens is 1. The normalized spacial score (nSPS) is 17.2. The van der Waals surface area contributed by atoms with Crippen molar-refractivity contribution in [3.8, 4) is 5.95 Å². The number of aromatic amines is 1. The standard InChI is InChI=1S/C25H29FN8O4/c1-25(2,3)38-24(36)32-11-15(12-32)28-20-19-21(34(23(35)29-19)16-6-8-37-9-7-16)31-22(30-20)33-13-27-17-5-4-14(26)10-18(17)33/h4-5,10,13,15-16H,6-9,11-12H2,1-3H3,(H,29,35)(H,28,30,31). The first-order valence-corrected chi connectivity index (χ1v) is 12.6. The molecule has 0 bridgehead atoms. The monoisotopic (exact) mass is 524 g/mol. The van der Waals surface area contributed by atoms with Crippen molar-refractivity contribution < 1.29 is 18.7 Å². The van der Waals surface area contributed by atoms with E-state index in [9.17, 15) is 14.0 Å². The smallest absolute Gasteiger partial charge is 0.410 e. The molecule has 2 saturated heterocycles. The van der Waals surface area contributed by atoms with Crippen molar-refractivity contribution in [2.24, 2.45) is 0 Å². The Balaban J connectivity index is 1.39. The maximum absolute atomic E-state index is 14.1. The highest BCUT2D eigenvalue weighted by molar-refractivity contribution is 5.85. The van der Waals surface area contributed by atoms with Crippen LogP contribution >= 0.6 is 0 Å². The van der Waals surface area contributed by atoms with Crippen LogP contribution in [0.5, 0.6) is 0 Å². The van der Waals surface area contributed by atoms with E-state index in [0.717, 1.165) is 0 Å². The Bertz CT molecular complexity index is 1570. The molecule has 2 fully saturated rings. The van der Waals surface area contributed by atoms with E-state index in [2.05, 4.69) is 15.3 Å². The number of imidazole rings is 2. The molecule has 3 aromatic heterocycles. The van der Waals surface area contributed by atoms with E-state index in [1.165, 1.54) is 18.5 Å². The average molecular weight is 525 g/mol. The molecule has 12 nitrogen and oxygen atoms in total. The number of fused-ring (bicyclic) bond motifs is 2. The number of hydrogen-bond acceptors (Lipinski definition) is 8. The summed E-state index contributed by atoms with van der Waals surface area (Å²) in [7, 11) is 0. The van der Waals surface area contributed by atoms with Gasteiger partial charge in [0, 0.05) is 38.4 Å². The summed E-state index contributed by atoms with van der Waals surface area (Å²) < 4.78 is 28.3. The first-order valence-electron chi connectivity index (χ1n) is 12.6. The lowest BCUT2D eigenvalue weighted by Gasteiger charge is -2.40. The summed E-state index contributed by atoms with van der Waals surface area (Å²) in [6.45, 7) is 7.42. The number of ether oxygens (including phenoxy) is 2. The molecule has 6 rings (SSSR count). The number of hydrogen-bond donors (Lipinski definition) is 2. The summed E-state index contributed by atoms with van der Waals surface area (Å²) in [5.74, 6) is 0.257. The fourth-order valence-corrected chi connectivity index (χ4v) is 4.86. The van der Waals surface area contributed by atoms with Crippen LogP contribution in [0.1, 0.15) is 39.7 Å². The number of carbonyl (C=O) groups is 1. The van der Waals surface area contributed by atoms with Crippen LogP contribution in [0, 0.1) is 5.82 Å². The molecule has 38 heavy (non-hydrogen) atoms. The van der Waals surface area contributed by atoms with Crippen molar-refractivity contribution in [1.82, 2.24) is 34.0 Å². The third-order valence-electron chi connectivity index (χ3n) is 6.71. The number of nitrogens with one attached hydrogen (secondary N) is 2. The summed E-state index contributed by atoms with van der Waals surface area (Å²) >= 11 is 0. The van der Waals surface area contributed by atoms with Crippen molar-refractivity contribution in [3.05, 3.63) is 40.8 Å². The molecule has 200 valence electrons. The molecule has 2 aliphatic heterocycles. The lowest BCUT2D eigenvalue weighted by molar-refractivity contribution is 0.0105. The second kappa shape index (κ2) is 9.08. The van der Waals surface area contributed by atoms with Crippen molar-refractivity contribution in [2.45, 2.75) is 51.3 Å². The maximum Gasteiger partial charge on any atom is 0.410 e. The summed E-state index contributed by atoms with van der Waals surface area (Å²) in [4.78, 5) is 43.8. The van der Waals surface area contributed by atoms with Gasteiger partial charge in [-0.1, -0.05) is 0 Å². The highest BCUT2D eigenvalue weighted by Crippen LogP contribution is 2.28. The minimum Gasteiger partial charge on any atom is -0.444 e. The molecule has 1 amide bonds. The van der Waals surface area contributed by atoms with Crippen LogP contribution in [-0.4, -0.2) is 78.0 Å². The van der Waals surface area contributed by atoms with Crippen molar-refractivity contribution in [3.63, 3.8) is 0 Å². The summed E-state index contributed by atoms with van der Waals surface area (Å²) in [6.07, 6.45) is 2.52. The first-order chi connectivity index (χ1) is 18.2. The summed E-state index contributed by atoms with van der Waals surface area (Å²) in [5.41, 5.74) is 1.14. The van der Waals surface area contributed by atoms with Crippen LogP contribution in [0.25, 0.3) is 28.1 Å². The van der Waals surface area contributed by atoms with Crippen LogP contribution in [0.4, 0.5) is 15.0 Å². The van der Waals surface area contributed by atoms with Gasteiger partial charge in [-0.05, 0) is 45.7 Å². The van der Waals surface area contributed by atoms with Gasteiger partial charge in [0.15, 0.2) is 11.5 Å². The second-order valence-corrected chi connectivity index (χ2v) is 10.7. The maximum atomic E-state index is 14.1. The van der Waals surface area contributed by atoms with Gasteiger partial charge in [-0.3, -0.25) is 9.13 Å². The fourth-order valence-electron chi connectivity index (χ4n) is 4.86. The van der Waals surface area contributed by atoms with E-state index < -0.39 is 11.4 Å². The molecule has 5 heterocycles. The Morgan fingerprint density at radius 2 is 1.97 bits per heavy atom. The van der Waals surface area contributed by atoms with Gasteiger partial charge in [0.2, 0.25) is 5.95 Å². The molecule has 0 saturated carbocycles. The lowest BCUT2D eigenvalue weighted by atomic mass is 10.1. The number of likely N-dealkylation sites (tertiary alicyclic amines) is 1. The van der Waals surface area contributed by atoms with Crippen molar-refractivity contribution in [2.75, 3.05) is 31.6 Å². The van der Waals surface area contributed by atoms with E-state index in [1.807, 2.05) is 20.8 Å². The number of rotatable bonds is 4. The van der Waals surface area contributed by atoms with E-state index in [4.69, 9.17) is 19.4 Å². The van der Waals surface area contributed by atoms with Gasteiger partial charge < -0.3 is 24.7 Å². The van der Waals surface area contributed by atoms with Crippen molar-refractivity contribution in [1.29, 1.82) is 0 Å². The van der Waals surface area contributed by atoms with Crippen LogP contribution in [0.3, 0.4) is 0 Å². The molecule has 1 aromatic carbocycles. The predicted molar refractivity (Wildman–Crippen MR) is 137 cm³/mol. The molecule has 0 aliphatic carbocycles. The van der Waals surface area contributed by atoms with Gasteiger partial charge in [-0.15, -0.1) is 0 Å². The topological polar surface area (TPSA) is 132 Å². The Morgan fingerprint density at radius 3 is 2.71 bits per heavy atom. The molecule has 2 aliphatic rings. The number of nitrogens with zero attached hydrogens (tertiary/aromatic N) is 6. The zero-order valence-corrected chi connectivity index (χ0v) is 21.4. The molecule has 0 unspecified atom stereocenters. The fraction of sp³-hybridized carbons (Fsp3) is 0.480. The van der Waals surface area contributed by atoms with Crippen LogP contribution < -0.4 is 11.0 Å². The van der Waals surface area contributed by atoms with Crippen LogP contribution in [0.15, 0.2) is 29.3 Å². The average Bonchev–Trinajstić information content (AvgIpc) is 3.40. The number of amides is 1. The van der Waals surface area contributed by atoms with E-state index in [1.54, 1.807) is 20.1 Å². The molecule has 0 atom stereocenters. The largest absolute Gasteiger partial charge is 0.444 e. The van der Waals surface area contributed by atoms with Gasteiger partial charge in [-0.25, -0.2) is 19.0 Å². The second-order valence-electron chi connectivity index (χ2n) is 10.7. The van der Waals surface area contributed by atoms with Gasteiger partial charge in [0.05, 0.1) is 17.1 Å². The minimum atomic E-state index is -0.580. The van der Waals surface area contributed by atoms with Gasteiger partial charge in [0.1, 0.15) is 23.3 Å². The third-order valence-corrected chi connectivity index (χ3v) is 6.71. The Hall–Kier alpha value is -4.00. The van der Waals surface area contributed by atoms with E-state index >= 15 is 0 Å². The van der Waals surface area contributed by atoms with E-state index in [0.29, 0.717) is 67.2 Å². The SMILES string of the molecule is CC(C)(C)OC(=O)N1CC(Nc2nc(-n3cnc4ccc(F)cc43)nc3c2[nH]c(=O)n3C2CCOCC2)C1. The van der Waals surface area contributed by atoms with Crippen molar-refractivity contribution >= 4 is 34.1 Å². The number of halogens is 1. The van der Waals surface area contributed by atoms with Crippen LogP contribution in [-0.2, 0) is 9.47 Å². The summed E-state index contributed by atoms with van der Waals surface area (Å²) in [5, 5.41) is 3.36. The number of anilines is 1. The lowest BCUT2D eigenvalue weighted by Crippen LogP contribution is -2.58. The number of aromatic nitrogens is 6. The molecule has 13 heteroatoms. The zero-order valence-electron chi connectivity index (χ0n) is 21.4. The molecular weight excluding hydrogens is 495 g/mol. The predicted octanol–water partition coefficient (Wildman–Crippen LogP) is 2.98. The Kier molecular flexibility index (Phi) is 5.82. The highest BCUT2D eigenvalue weighted by Gasteiger charge is 2.35. The molecular formula is C25H29FN8O4. The third kappa shape index (κ3) is 4.46. The van der Waals surface area contributed by atoms with Gasteiger partial charge in [0.25, 0.3) is 0 Å². The van der Waals surface area contributed by atoms with Crippen LogP contribution in [0.2, 0.25) is 0 Å².